The summed E-state index contributed by atoms with van der Waals surface area (Å²) in [6, 6.07) is 9.90. The zero-order valence-corrected chi connectivity index (χ0v) is 14.9. The summed E-state index contributed by atoms with van der Waals surface area (Å²) in [5, 5.41) is 12.1. The smallest absolute Gasteiger partial charge is 0.250 e. The fourth-order valence-corrected chi connectivity index (χ4v) is 4.61. The lowest BCUT2D eigenvalue weighted by molar-refractivity contribution is -0.128. The molecule has 2 aliphatic heterocycles. The molecule has 0 aromatic heterocycles. The van der Waals surface area contributed by atoms with E-state index >= 15 is 0 Å². The topological polar surface area (TPSA) is 76.4 Å². The van der Waals surface area contributed by atoms with Gasteiger partial charge in [0.15, 0.2) is 0 Å². The minimum Gasteiger partial charge on any atom is -0.322 e. The van der Waals surface area contributed by atoms with Crippen LogP contribution in [0.3, 0.4) is 0 Å². The number of benzene rings is 1. The number of amides is 2. The number of nitriles is 1. The van der Waals surface area contributed by atoms with E-state index in [1.807, 2.05) is 24.3 Å². The molecule has 0 radical (unpaired) electrons. The van der Waals surface area contributed by atoms with E-state index in [-0.39, 0.29) is 17.7 Å². The van der Waals surface area contributed by atoms with Crippen molar-refractivity contribution in [2.75, 3.05) is 29.9 Å². The number of anilines is 2. The van der Waals surface area contributed by atoms with Gasteiger partial charge < -0.3 is 5.32 Å². The summed E-state index contributed by atoms with van der Waals surface area (Å²) in [6.45, 7) is 1.83. The lowest BCUT2D eigenvalue weighted by Crippen LogP contribution is -2.62. The number of fused-ring (bicyclic) bond motifs is 1. The van der Waals surface area contributed by atoms with E-state index in [0.29, 0.717) is 12.2 Å². The van der Waals surface area contributed by atoms with Crippen LogP contribution < -0.4 is 10.2 Å². The number of likely N-dealkylation sites (tertiary alicyclic amines) is 1. The Morgan fingerprint density at radius 2 is 1.92 bits per heavy atom. The molecule has 6 nitrogen and oxygen atoms in total. The monoisotopic (exact) mass is 352 g/mol. The first kappa shape index (κ1) is 17.0. The molecule has 4 rings (SSSR count). The molecule has 1 saturated heterocycles. The van der Waals surface area contributed by atoms with Crippen LogP contribution in [0.15, 0.2) is 24.3 Å². The second kappa shape index (κ2) is 6.73. The molecule has 2 amide bonds. The van der Waals surface area contributed by atoms with Crippen molar-refractivity contribution < 1.29 is 9.59 Å². The highest BCUT2D eigenvalue weighted by Gasteiger charge is 2.52. The van der Waals surface area contributed by atoms with Crippen LogP contribution in [-0.4, -0.2) is 41.9 Å². The Bertz CT molecular complexity index is 755. The molecule has 1 saturated carbocycles. The zero-order chi connectivity index (χ0) is 18.1. The van der Waals surface area contributed by atoms with Crippen LogP contribution in [0.5, 0.6) is 0 Å². The first-order valence-electron chi connectivity index (χ1n) is 9.49. The van der Waals surface area contributed by atoms with E-state index in [1.165, 1.54) is 0 Å². The lowest BCUT2D eigenvalue weighted by atomic mass is 9.89. The zero-order valence-electron chi connectivity index (χ0n) is 14.9. The van der Waals surface area contributed by atoms with E-state index in [0.717, 1.165) is 57.3 Å². The highest BCUT2D eigenvalue weighted by Crippen LogP contribution is 2.45. The third-order valence-electron chi connectivity index (χ3n) is 6.05. The van der Waals surface area contributed by atoms with E-state index in [9.17, 15) is 9.59 Å². The van der Waals surface area contributed by atoms with Crippen LogP contribution in [0.4, 0.5) is 11.4 Å². The van der Waals surface area contributed by atoms with Crippen molar-refractivity contribution in [1.29, 1.82) is 5.26 Å². The molecule has 26 heavy (non-hydrogen) atoms. The van der Waals surface area contributed by atoms with Crippen molar-refractivity contribution in [3.05, 3.63) is 24.3 Å². The number of hydrogen-bond donors (Lipinski definition) is 1. The van der Waals surface area contributed by atoms with Crippen LogP contribution in [0.25, 0.3) is 0 Å². The summed E-state index contributed by atoms with van der Waals surface area (Å²) in [7, 11) is 0. The van der Waals surface area contributed by atoms with E-state index in [1.54, 1.807) is 4.90 Å². The van der Waals surface area contributed by atoms with Crippen molar-refractivity contribution in [3.63, 3.8) is 0 Å². The molecule has 136 valence electrons. The minimum absolute atomic E-state index is 0.00962. The lowest BCUT2D eigenvalue weighted by Gasteiger charge is -2.45. The minimum atomic E-state index is -0.740. The van der Waals surface area contributed by atoms with E-state index in [2.05, 4.69) is 16.3 Å². The largest absolute Gasteiger partial charge is 0.322 e. The molecule has 1 N–H and O–H groups in total. The van der Waals surface area contributed by atoms with Crippen LogP contribution in [0.1, 0.15) is 38.5 Å². The fourth-order valence-electron chi connectivity index (χ4n) is 4.61. The molecule has 1 aromatic carbocycles. The molecule has 2 fully saturated rings. The normalized spacial score (nSPS) is 22.7. The molecular formula is C20H24N4O2. The number of hydrogen-bond acceptors (Lipinski definition) is 4. The Morgan fingerprint density at radius 3 is 2.62 bits per heavy atom. The standard InChI is InChI=1S/C20H24N4O2/c21-13-15-7-11-23(12-8-15)14-18(25)24-17-6-2-1-5-16(17)22-19(26)20(24)9-3-4-10-20/h1-2,5-6,15H,3-4,7-12,14H2,(H,22,26). The highest BCUT2D eigenvalue weighted by atomic mass is 16.2. The highest BCUT2D eigenvalue weighted by molar-refractivity contribution is 6.15. The average molecular weight is 352 g/mol. The second-order valence-corrected chi connectivity index (χ2v) is 7.62. The van der Waals surface area contributed by atoms with Gasteiger partial charge in [-0.25, -0.2) is 0 Å². The summed E-state index contributed by atoms with van der Waals surface area (Å²) >= 11 is 0. The van der Waals surface area contributed by atoms with Crippen LogP contribution in [0, 0.1) is 17.2 Å². The average Bonchev–Trinajstić information content (AvgIpc) is 3.14. The van der Waals surface area contributed by atoms with Gasteiger partial charge in [-0.1, -0.05) is 25.0 Å². The van der Waals surface area contributed by atoms with Gasteiger partial charge in [0.1, 0.15) is 5.54 Å². The number of carbonyl (C=O) groups excluding carboxylic acids is 2. The summed E-state index contributed by atoms with van der Waals surface area (Å²) < 4.78 is 0. The summed E-state index contributed by atoms with van der Waals surface area (Å²) in [5.74, 6) is 0.0406. The SMILES string of the molecule is N#CC1CCN(CC(=O)N2c3ccccc3NC(=O)C23CCCC3)CC1. The number of carbonyl (C=O) groups is 2. The Kier molecular flexibility index (Phi) is 4.41. The Morgan fingerprint density at radius 1 is 1.23 bits per heavy atom. The molecular weight excluding hydrogens is 328 g/mol. The van der Waals surface area contributed by atoms with E-state index in [4.69, 9.17) is 5.26 Å². The van der Waals surface area contributed by atoms with Gasteiger partial charge in [-0.2, -0.15) is 5.26 Å². The molecule has 1 aromatic rings. The van der Waals surface area contributed by atoms with Crippen molar-refractivity contribution in [3.8, 4) is 6.07 Å². The Balaban J connectivity index is 1.60. The van der Waals surface area contributed by atoms with Crippen molar-refractivity contribution in [2.45, 2.75) is 44.1 Å². The fraction of sp³-hybridized carbons (Fsp3) is 0.550. The van der Waals surface area contributed by atoms with E-state index < -0.39 is 5.54 Å². The molecule has 2 heterocycles. The molecule has 0 atom stereocenters. The maximum absolute atomic E-state index is 13.3. The third kappa shape index (κ3) is 2.77. The van der Waals surface area contributed by atoms with Gasteiger partial charge >= 0.3 is 0 Å². The maximum Gasteiger partial charge on any atom is 0.250 e. The number of nitrogens with one attached hydrogen (secondary N) is 1. The van der Waals surface area contributed by atoms with Crippen LogP contribution in [0.2, 0.25) is 0 Å². The second-order valence-electron chi connectivity index (χ2n) is 7.62. The van der Waals surface area contributed by atoms with Gasteiger partial charge in [0.25, 0.3) is 5.91 Å². The first-order chi connectivity index (χ1) is 12.6. The van der Waals surface area contributed by atoms with Crippen LogP contribution in [-0.2, 0) is 9.59 Å². The van der Waals surface area contributed by atoms with Gasteiger partial charge in [-0.05, 0) is 50.9 Å². The Labute approximate surface area is 153 Å². The van der Waals surface area contributed by atoms with Gasteiger partial charge in [-0.3, -0.25) is 19.4 Å². The molecule has 6 heteroatoms. The van der Waals surface area contributed by atoms with Gasteiger partial charge in [0, 0.05) is 5.92 Å². The van der Waals surface area contributed by atoms with Crippen molar-refractivity contribution in [1.82, 2.24) is 4.90 Å². The summed E-state index contributed by atoms with van der Waals surface area (Å²) in [6.07, 6.45) is 4.99. The predicted octanol–water partition coefficient (Wildman–Crippen LogP) is 2.52. The number of rotatable bonds is 2. The third-order valence-corrected chi connectivity index (χ3v) is 6.05. The number of nitrogens with zero attached hydrogens (tertiary/aromatic N) is 3. The molecule has 3 aliphatic rings. The van der Waals surface area contributed by atoms with Crippen molar-refractivity contribution in [2.24, 2.45) is 5.92 Å². The summed E-state index contributed by atoms with van der Waals surface area (Å²) in [5.41, 5.74) is 0.786. The van der Waals surface area contributed by atoms with Gasteiger partial charge in [-0.15, -0.1) is 0 Å². The quantitative estimate of drug-likeness (QED) is 0.887. The maximum atomic E-state index is 13.3. The number of piperidine rings is 1. The Hall–Kier alpha value is -2.39. The van der Waals surface area contributed by atoms with Gasteiger partial charge in [0.05, 0.1) is 24.0 Å². The van der Waals surface area contributed by atoms with Crippen molar-refractivity contribution >= 4 is 23.2 Å². The molecule has 0 bridgehead atoms. The summed E-state index contributed by atoms with van der Waals surface area (Å²) in [4.78, 5) is 30.1. The first-order valence-corrected chi connectivity index (χ1v) is 9.49. The van der Waals surface area contributed by atoms with Crippen LogP contribution >= 0.6 is 0 Å². The van der Waals surface area contributed by atoms with Gasteiger partial charge in [0.2, 0.25) is 5.91 Å². The molecule has 1 spiro atoms. The predicted molar refractivity (Wildman–Crippen MR) is 98.5 cm³/mol. The number of para-hydroxylation sites is 2. The molecule has 1 aliphatic carbocycles. The molecule has 0 unspecified atom stereocenters.